The van der Waals surface area contributed by atoms with Gasteiger partial charge in [-0.3, -0.25) is 5.10 Å². The molecule has 0 bridgehead atoms. The highest BCUT2D eigenvalue weighted by atomic mass is 19.4. The number of nitrogens with zero attached hydrogens (tertiary/aromatic N) is 2. The Morgan fingerprint density at radius 3 is 2.63 bits per heavy atom. The second-order valence-electron chi connectivity index (χ2n) is 3.83. The smallest absolute Gasteiger partial charge is 0.306 e. The quantitative estimate of drug-likeness (QED) is 0.841. The SMILES string of the molecule is Fc1ccc(CNCc2ncn[nH]2)c(C(F)(F)F)c1. The molecule has 0 amide bonds. The van der Waals surface area contributed by atoms with Crippen LogP contribution in [0.2, 0.25) is 0 Å². The number of aromatic amines is 1. The highest BCUT2D eigenvalue weighted by molar-refractivity contribution is 5.30. The van der Waals surface area contributed by atoms with Gasteiger partial charge in [-0.25, -0.2) is 9.37 Å². The monoisotopic (exact) mass is 274 g/mol. The largest absolute Gasteiger partial charge is 0.416 e. The number of halogens is 4. The van der Waals surface area contributed by atoms with Gasteiger partial charge in [0.05, 0.1) is 12.1 Å². The van der Waals surface area contributed by atoms with E-state index in [1.165, 1.54) is 6.33 Å². The van der Waals surface area contributed by atoms with Gasteiger partial charge in [-0.15, -0.1) is 0 Å². The molecule has 0 unspecified atom stereocenters. The topological polar surface area (TPSA) is 53.6 Å². The van der Waals surface area contributed by atoms with Crippen molar-refractivity contribution in [1.29, 1.82) is 0 Å². The van der Waals surface area contributed by atoms with Crippen molar-refractivity contribution in [2.75, 3.05) is 0 Å². The lowest BCUT2D eigenvalue weighted by Gasteiger charge is -2.13. The molecule has 2 aromatic rings. The van der Waals surface area contributed by atoms with Gasteiger partial charge in [0.1, 0.15) is 18.0 Å². The molecule has 0 spiro atoms. The lowest BCUT2D eigenvalue weighted by Crippen LogP contribution is -2.18. The van der Waals surface area contributed by atoms with Crippen LogP contribution in [0.3, 0.4) is 0 Å². The molecule has 102 valence electrons. The molecule has 2 N–H and O–H groups in total. The van der Waals surface area contributed by atoms with Crippen LogP contribution in [0.15, 0.2) is 24.5 Å². The van der Waals surface area contributed by atoms with E-state index in [9.17, 15) is 17.6 Å². The van der Waals surface area contributed by atoms with Crippen molar-refractivity contribution in [1.82, 2.24) is 20.5 Å². The maximum Gasteiger partial charge on any atom is 0.416 e. The van der Waals surface area contributed by atoms with Gasteiger partial charge in [0.15, 0.2) is 0 Å². The summed E-state index contributed by atoms with van der Waals surface area (Å²) in [4.78, 5) is 3.82. The number of benzene rings is 1. The molecule has 2 rings (SSSR count). The summed E-state index contributed by atoms with van der Waals surface area (Å²) in [5.74, 6) is -0.401. The van der Waals surface area contributed by atoms with Gasteiger partial charge in [-0.1, -0.05) is 6.07 Å². The number of hydrogen-bond acceptors (Lipinski definition) is 3. The van der Waals surface area contributed by atoms with Gasteiger partial charge in [-0.05, 0) is 17.7 Å². The van der Waals surface area contributed by atoms with Crippen LogP contribution in [0.4, 0.5) is 17.6 Å². The molecular formula is C11H10F4N4. The van der Waals surface area contributed by atoms with Crippen molar-refractivity contribution in [2.45, 2.75) is 19.3 Å². The molecule has 0 saturated carbocycles. The van der Waals surface area contributed by atoms with Gasteiger partial charge < -0.3 is 5.32 Å². The molecule has 0 fully saturated rings. The van der Waals surface area contributed by atoms with E-state index in [1.54, 1.807) is 0 Å². The zero-order valence-electron chi connectivity index (χ0n) is 9.63. The molecule has 1 heterocycles. The summed E-state index contributed by atoms with van der Waals surface area (Å²) in [5.41, 5.74) is -0.994. The summed E-state index contributed by atoms with van der Waals surface area (Å²) in [6.07, 6.45) is -3.28. The number of hydrogen-bond donors (Lipinski definition) is 2. The molecule has 1 aromatic carbocycles. The maximum atomic E-state index is 12.9. The summed E-state index contributed by atoms with van der Waals surface area (Å²) in [5, 5.41) is 8.96. The van der Waals surface area contributed by atoms with Crippen LogP contribution < -0.4 is 5.32 Å². The fourth-order valence-electron chi connectivity index (χ4n) is 1.60. The van der Waals surface area contributed by atoms with Crippen LogP contribution in [0.1, 0.15) is 17.0 Å². The summed E-state index contributed by atoms with van der Waals surface area (Å²) in [6, 6.07) is 2.61. The van der Waals surface area contributed by atoms with Crippen molar-refractivity contribution in [3.8, 4) is 0 Å². The van der Waals surface area contributed by atoms with E-state index in [0.717, 1.165) is 12.1 Å². The molecule has 0 aliphatic rings. The normalized spacial score (nSPS) is 11.8. The van der Waals surface area contributed by atoms with Crippen molar-refractivity contribution in [3.63, 3.8) is 0 Å². The zero-order valence-corrected chi connectivity index (χ0v) is 9.63. The number of aromatic nitrogens is 3. The lowest BCUT2D eigenvalue weighted by molar-refractivity contribution is -0.138. The average Bonchev–Trinajstić information content (AvgIpc) is 2.83. The minimum Gasteiger partial charge on any atom is -0.306 e. The molecule has 8 heteroatoms. The van der Waals surface area contributed by atoms with Crippen molar-refractivity contribution < 1.29 is 17.6 Å². The third-order valence-corrected chi connectivity index (χ3v) is 2.45. The molecule has 0 atom stereocenters. The molecule has 0 aliphatic carbocycles. The average molecular weight is 274 g/mol. The predicted molar refractivity (Wildman–Crippen MR) is 58.3 cm³/mol. The Morgan fingerprint density at radius 2 is 2.00 bits per heavy atom. The van der Waals surface area contributed by atoms with Gasteiger partial charge in [0.2, 0.25) is 0 Å². The first-order chi connectivity index (χ1) is 8.97. The lowest BCUT2D eigenvalue weighted by atomic mass is 10.1. The Morgan fingerprint density at radius 1 is 1.21 bits per heavy atom. The third-order valence-electron chi connectivity index (χ3n) is 2.45. The summed E-state index contributed by atoms with van der Waals surface area (Å²) < 4.78 is 51.0. The first-order valence-corrected chi connectivity index (χ1v) is 5.37. The fourth-order valence-corrected chi connectivity index (χ4v) is 1.60. The molecule has 0 saturated heterocycles. The number of H-pyrrole nitrogens is 1. The summed E-state index contributed by atoms with van der Waals surface area (Å²) in [6.45, 7) is 0.199. The predicted octanol–water partition coefficient (Wildman–Crippen LogP) is 2.25. The molecule has 4 nitrogen and oxygen atoms in total. The summed E-state index contributed by atoms with van der Waals surface area (Å²) >= 11 is 0. The number of nitrogens with one attached hydrogen (secondary N) is 2. The van der Waals surface area contributed by atoms with E-state index in [4.69, 9.17) is 0 Å². The van der Waals surface area contributed by atoms with Gasteiger partial charge >= 0.3 is 6.18 Å². The number of alkyl halides is 3. The molecule has 0 radical (unpaired) electrons. The van der Waals surface area contributed by atoms with Gasteiger partial charge in [-0.2, -0.15) is 18.3 Å². The second kappa shape index (κ2) is 5.35. The minimum atomic E-state index is -4.58. The minimum absolute atomic E-state index is 0.0200. The first kappa shape index (κ1) is 13.5. The van der Waals surface area contributed by atoms with E-state index in [0.29, 0.717) is 11.9 Å². The zero-order chi connectivity index (χ0) is 13.9. The van der Waals surface area contributed by atoms with E-state index in [2.05, 4.69) is 20.5 Å². The maximum absolute atomic E-state index is 12.9. The van der Waals surface area contributed by atoms with Gasteiger partial charge in [0, 0.05) is 6.54 Å². The Balaban J connectivity index is 2.07. The molecule has 0 aliphatic heterocycles. The van der Waals surface area contributed by atoms with Crippen molar-refractivity contribution in [3.05, 3.63) is 47.3 Å². The van der Waals surface area contributed by atoms with Crippen molar-refractivity contribution in [2.24, 2.45) is 0 Å². The number of rotatable bonds is 4. The standard InChI is InChI=1S/C11H10F4N4/c12-8-2-1-7(9(3-8)11(13,14)15)4-16-5-10-17-6-18-19-10/h1-3,6,16H,4-5H2,(H,17,18,19). The van der Waals surface area contributed by atoms with Crippen LogP contribution >= 0.6 is 0 Å². The fraction of sp³-hybridized carbons (Fsp3) is 0.273. The molecular weight excluding hydrogens is 264 g/mol. The van der Waals surface area contributed by atoms with E-state index < -0.39 is 17.6 Å². The van der Waals surface area contributed by atoms with E-state index in [-0.39, 0.29) is 18.7 Å². The highest BCUT2D eigenvalue weighted by Gasteiger charge is 2.33. The van der Waals surface area contributed by atoms with Crippen LogP contribution in [0.5, 0.6) is 0 Å². The van der Waals surface area contributed by atoms with Crippen LogP contribution in [0, 0.1) is 5.82 Å². The Labute approximate surface area is 105 Å². The molecule has 19 heavy (non-hydrogen) atoms. The Kier molecular flexibility index (Phi) is 3.79. The molecule has 1 aromatic heterocycles. The van der Waals surface area contributed by atoms with E-state index >= 15 is 0 Å². The van der Waals surface area contributed by atoms with E-state index in [1.807, 2.05) is 0 Å². The first-order valence-electron chi connectivity index (χ1n) is 5.37. The third kappa shape index (κ3) is 3.50. The van der Waals surface area contributed by atoms with Gasteiger partial charge in [0.25, 0.3) is 0 Å². The van der Waals surface area contributed by atoms with Crippen molar-refractivity contribution >= 4 is 0 Å². The summed E-state index contributed by atoms with van der Waals surface area (Å²) in [7, 11) is 0. The van der Waals surface area contributed by atoms with Crippen LogP contribution in [-0.4, -0.2) is 15.2 Å². The Bertz CT molecular complexity index is 536. The van der Waals surface area contributed by atoms with Crippen LogP contribution in [-0.2, 0) is 19.3 Å². The van der Waals surface area contributed by atoms with Crippen LogP contribution in [0.25, 0.3) is 0 Å². The second-order valence-corrected chi connectivity index (χ2v) is 3.83. The highest BCUT2D eigenvalue weighted by Crippen LogP contribution is 2.32. The Hall–Kier alpha value is -1.96.